The van der Waals surface area contributed by atoms with Crippen LogP contribution in [0, 0.1) is 5.41 Å². The average Bonchev–Trinajstić information content (AvgIpc) is 3.47. The fourth-order valence-corrected chi connectivity index (χ4v) is 4.39. The lowest BCUT2D eigenvalue weighted by Crippen LogP contribution is -2.30. The number of hydrogen-bond acceptors (Lipinski definition) is 6. The van der Waals surface area contributed by atoms with Crippen LogP contribution in [0.15, 0.2) is 28.7 Å². The maximum atomic E-state index is 13.3. The molecule has 0 radical (unpaired) electrons. The third-order valence-electron chi connectivity index (χ3n) is 6.45. The van der Waals surface area contributed by atoms with Gasteiger partial charge < -0.3 is 14.4 Å². The number of carbonyl (C=O) groups is 2. The van der Waals surface area contributed by atoms with Gasteiger partial charge in [0.2, 0.25) is 0 Å². The summed E-state index contributed by atoms with van der Waals surface area (Å²) in [5, 5.41) is 17.6. The van der Waals surface area contributed by atoms with Crippen LogP contribution in [0.1, 0.15) is 84.7 Å². The van der Waals surface area contributed by atoms with Crippen molar-refractivity contribution in [3.63, 3.8) is 0 Å². The predicted molar refractivity (Wildman–Crippen MR) is 126 cm³/mol. The average molecular weight is 461 g/mol. The number of Topliss-reactive ketones (excluding diaryl/α,β-unsaturated/α-hetero) is 1. The van der Waals surface area contributed by atoms with Gasteiger partial charge >= 0.3 is 5.97 Å². The Morgan fingerprint density at radius 3 is 2.65 bits per heavy atom. The van der Waals surface area contributed by atoms with Crippen LogP contribution < -0.4 is 0 Å². The second kappa shape index (κ2) is 8.04. The van der Waals surface area contributed by atoms with Gasteiger partial charge in [-0.05, 0) is 36.5 Å². The summed E-state index contributed by atoms with van der Waals surface area (Å²) in [5.74, 6) is 0.130. The Balaban J connectivity index is 1.41. The highest BCUT2D eigenvalue weighted by Gasteiger charge is 2.32. The zero-order valence-corrected chi connectivity index (χ0v) is 19.6. The number of hydrogen-bond donors (Lipinski definition) is 2. The largest absolute Gasteiger partial charge is 0.481 e. The summed E-state index contributed by atoms with van der Waals surface area (Å²) in [7, 11) is 0. The molecule has 176 valence electrons. The molecule has 3 aromatic rings. The van der Waals surface area contributed by atoms with Crippen LogP contribution in [0.4, 0.5) is 0 Å². The van der Waals surface area contributed by atoms with Gasteiger partial charge in [0, 0.05) is 41.3 Å². The summed E-state index contributed by atoms with van der Waals surface area (Å²) in [6.45, 7) is 6.67. The monoisotopic (exact) mass is 460 g/mol. The summed E-state index contributed by atoms with van der Waals surface area (Å²) in [6, 6.07) is 7.63. The fourth-order valence-electron chi connectivity index (χ4n) is 4.39. The number of oxazole rings is 1. The van der Waals surface area contributed by atoms with Gasteiger partial charge in [0.1, 0.15) is 17.0 Å². The number of carbonyl (C=O) groups excluding carboxylic acids is 1. The Morgan fingerprint density at radius 2 is 1.97 bits per heavy atom. The molecule has 1 aliphatic carbocycles. The number of amidine groups is 1. The number of aliphatic carboxylic acids is 1. The van der Waals surface area contributed by atoms with Crippen LogP contribution >= 0.6 is 0 Å². The first-order valence-corrected chi connectivity index (χ1v) is 11.6. The van der Waals surface area contributed by atoms with E-state index < -0.39 is 5.97 Å². The molecular weight excluding hydrogens is 432 g/mol. The maximum Gasteiger partial charge on any atom is 0.303 e. The lowest BCUT2D eigenvalue weighted by molar-refractivity contribution is -0.137. The van der Waals surface area contributed by atoms with Crippen molar-refractivity contribution in [1.82, 2.24) is 14.9 Å². The topological polar surface area (TPSA) is 120 Å². The minimum atomic E-state index is -0.915. The Hall–Kier alpha value is -3.55. The Bertz CT molecular complexity index is 1330. The molecule has 1 saturated carbocycles. The van der Waals surface area contributed by atoms with Gasteiger partial charge in [-0.2, -0.15) is 0 Å². The Morgan fingerprint density at radius 1 is 1.21 bits per heavy atom. The van der Waals surface area contributed by atoms with E-state index in [1.165, 1.54) is 0 Å². The molecule has 8 nitrogen and oxygen atoms in total. The quantitative estimate of drug-likeness (QED) is 0.500. The Labute approximate surface area is 197 Å². The smallest absolute Gasteiger partial charge is 0.303 e. The second-order valence-electron chi connectivity index (χ2n) is 10.3. The van der Waals surface area contributed by atoms with E-state index in [4.69, 9.17) is 19.9 Å². The number of aryl methyl sites for hydroxylation is 1. The number of nitrogens with zero attached hydrogens (tertiary/aromatic N) is 3. The van der Waals surface area contributed by atoms with Crippen molar-refractivity contribution in [1.29, 1.82) is 5.41 Å². The van der Waals surface area contributed by atoms with Gasteiger partial charge in [-0.3, -0.25) is 15.0 Å². The minimum absolute atomic E-state index is 0.0718. The normalized spacial score (nSPS) is 15.7. The van der Waals surface area contributed by atoms with Gasteiger partial charge in [0.25, 0.3) is 0 Å². The van der Waals surface area contributed by atoms with Crippen molar-refractivity contribution in [3.05, 3.63) is 58.2 Å². The lowest BCUT2D eigenvalue weighted by atomic mass is 9.85. The number of carboxylic acids is 1. The van der Waals surface area contributed by atoms with E-state index in [0.29, 0.717) is 46.5 Å². The van der Waals surface area contributed by atoms with Gasteiger partial charge in [-0.1, -0.05) is 26.8 Å². The van der Waals surface area contributed by atoms with Gasteiger partial charge in [-0.25, -0.2) is 9.97 Å². The number of fused-ring (bicyclic) bond motifs is 2. The van der Waals surface area contributed by atoms with Crippen LogP contribution in [-0.4, -0.2) is 44.1 Å². The van der Waals surface area contributed by atoms with Crippen LogP contribution in [0.2, 0.25) is 0 Å². The van der Waals surface area contributed by atoms with Crippen molar-refractivity contribution in [2.45, 2.75) is 64.3 Å². The zero-order valence-electron chi connectivity index (χ0n) is 19.6. The molecule has 0 amide bonds. The number of carboxylic acid groups (broad SMARTS) is 1. The number of pyridine rings is 1. The van der Waals surface area contributed by atoms with E-state index in [9.17, 15) is 9.59 Å². The molecule has 1 aromatic carbocycles. The summed E-state index contributed by atoms with van der Waals surface area (Å²) in [5.41, 5.74) is 4.88. The van der Waals surface area contributed by atoms with E-state index >= 15 is 0 Å². The molecule has 34 heavy (non-hydrogen) atoms. The van der Waals surface area contributed by atoms with Crippen molar-refractivity contribution in [2.24, 2.45) is 0 Å². The molecule has 3 heterocycles. The molecule has 1 aliphatic heterocycles. The minimum Gasteiger partial charge on any atom is -0.481 e. The van der Waals surface area contributed by atoms with Crippen molar-refractivity contribution < 1.29 is 19.1 Å². The fraction of sp³-hybridized carbons (Fsp3) is 0.423. The molecule has 2 aliphatic rings. The molecule has 0 unspecified atom stereocenters. The van der Waals surface area contributed by atoms with Gasteiger partial charge in [0.05, 0.1) is 13.0 Å². The molecule has 0 saturated heterocycles. The summed E-state index contributed by atoms with van der Waals surface area (Å²) in [6.07, 6.45) is 2.42. The lowest BCUT2D eigenvalue weighted by Gasteiger charge is -2.21. The molecule has 0 bridgehead atoms. The summed E-state index contributed by atoms with van der Waals surface area (Å²) in [4.78, 5) is 35.2. The van der Waals surface area contributed by atoms with Crippen LogP contribution in [0.5, 0.6) is 0 Å². The second-order valence-corrected chi connectivity index (χ2v) is 10.3. The molecule has 2 N–H and O–H groups in total. The first-order chi connectivity index (χ1) is 16.1. The summed E-state index contributed by atoms with van der Waals surface area (Å²) >= 11 is 0. The van der Waals surface area contributed by atoms with Gasteiger partial charge in [-0.15, -0.1) is 0 Å². The predicted octanol–water partition coefficient (Wildman–Crippen LogP) is 4.44. The van der Waals surface area contributed by atoms with Crippen molar-refractivity contribution >= 4 is 28.7 Å². The Kier molecular flexibility index (Phi) is 5.26. The molecule has 0 spiro atoms. The number of ketones is 1. The first-order valence-electron chi connectivity index (χ1n) is 11.6. The number of nitrogens with one attached hydrogen (secondary N) is 1. The first kappa shape index (κ1) is 22.3. The highest BCUT2D eigenvalue weighted by atomic mass is 16.4. The standard InChI is InChI=1S/C26H28N4O4/c1-26(2,3)17-10-16(11-19-24(17)34-21(28-19)8-9-22(32)33)20(31)13-30-12-15-6-7-18(14-4-5-14)29-23(15)25(30)27/h6-7,10-11,14,27H,4-5,8-9,12-13H2,1-3H3,(H,32,33). The molecule has 1 fully saturated rings. The molecular formula is C26H28N4O4. The molecule has 8 heteroatoms. The van der Waals surface area contributed by atoms with Crippen LogP contribution in [-0.2, 0) is 23.2 Å². The van der Waals surface area contributed by atoms with Crippen LogP contribution in [0.25, 0.3) is 11.1 Å². The highest BCUT2D eigenvalue weighted by molar-refractivity contribution is 6.05. The third kappa shape index (κ3) is 4.20. The van der Waals surface area contributed by atoms with E-state index in [-0.39, 0.29) is 30.6 Å². The van der Waals surface area contributed by atoms with Gasteiger partial charge in [0.15, 0.2) is 17.3 Å². The highest BCUT2D eigenvalue weighted by Crippen LogP contribution is 2.40. The summed E-state index contributed by atoms with van der Waals surface area (Å²) < 4.78 is 5.90. The van der Waals surface area contributed by atoms with E-state index in [0.717, 1.165) is 29.7 Å². The van der Waals surface area contributed by atoms with Crippen molar-refractivity contribution in [3.8, 4) is 0 Å². The molecule has 0 atom stereocenters. The van der Waals surface area contributed by atoms with E-state index in [2.05, 4.69) is 4.98 Å². The zero-order chi connectivity index (χ0) is 24.2. The molecule has 5 rings (SSSR count). The van der Waals surface area contributed by atoms with E-state index in [1.54, 1.807) is 11.0 Å². The number of aromatic nitrogens is 2. The number of benzene rings is 1. The molecule has 2 aromatic heterocycles. The van der Waals surface area contributed by atoms with Crippen molar-refractivity contribution in [2.75, 3.05) is 6.54 Å². The third-order valence-corrected chi connectivity index (χ3v) is 6.45. The van der Waals surface area contributed by atoms with Crippen LogP contribution in [0.3, 0.4) is 0 Å². The SMILES string of the molecule is CC(C)(C)c1cc(C(=O)CN2Cc3ccc(C4CC4)nc3C2=N)cc2nc(CCC(=O)O)oc12. The van der Waals surface area contributed by atoms with E-state index in [1.807, 2.05) is 39.0 Å². The maximum absolute atomic E-state index is 13.3. The number of rotatable bonds is 7.